The number of hydrogen-bond donors (Lipinski definition) is 1. The molecule has 0 spiro atoms. The molecular weight excluding hydrogens is 246 g/mol. The van der Waals surface area contributed by atoms with Gasteiger partial charge in [0, 0.05) is 23.3 Å². The molecule has 1 amide bonds. The summed E-state index contributed by atoms with van der Waals surface area (Å²) in [5.74, 6) is 0.133. The molecule has 1 saturated heterocycles. The van der Waals surface area contributed by atoms with Gasteiger partial charge >= 0.3 is 0 Å². The van der Waals surface area contributed by atoms with Gasteiger partial charge in [-0.25, -0.2) is 0 Å². The van der Waals surface area contributed by atoms with E-state index in [4.69, 9.17) is 0 Å². The van der Waals surface area contributed by atoms with Crippen LogP contribution in [0.4, 0.5) is 0 Å². The number of carbonyl (C=O) groups excluding carboxylic acids is 1. The third kappa shape index (κ3) is 2.19. The highest BCUT2D eigenvalue weighted by Crippen LogP contribution is 2.31. The van der Waals surface area contributed by atoms with E-state index in [0.29, 0.717) is 6.54 Å². The summed E-state index contributed by atoms with van der Waals surface area (Å²) in [6, 6.07) is 0. The Hall–Kier alpha value is -0.870. The standard InChI is InChI=1S/C14H19NO2S/c16-10-4-3-7-15(8-10)14(17)12-9-18-13-6-2-1-5-11(12)13/h9-10,16H,1-8H2/t10-/m0/s1. The van der Waals surface area contributed by atoms with Gasteiger partial charge in [-0.1, -0.05) is 0 Å². The first kappa shape index (κ1) is 12.2. The van der Waals surface area contributed by atoms with Crippen molar-refractivity contribution in [2.75, 3.05) is 13.1 Å². The minimum atomic E-state index is -0.336. The van der Waals surface area contributed by atoms with Crippen LogP contribution in [0.1, 0.15) is 46.5 Å². The molecule has 1 atom stereocenters. The van der Waals surface area contributed by atoms with Crippen LogP contribution < -0.4 is 0 Å². The summed E-state index contributed by atoms with van der Waals surface area (Å²) >= 11 is 1.74. The van der Waals surface area contributed by atoms with E-state index in [1.54, 1.807) is 11.3 Å². The second kappa shape index (κ2) is 5.02. The summed E-state index contributed by atoms with van der Waals surface area (Å²) in [5.41, 5.74) is 2.19. The van der Waals surface area contributed by atoms with E-state index in [0.717, 1.165) is 37.8 Å². The topological polar surface area (TPSA) is 40.5 Å². The minimum Gasteiger partial charge on any atom is -0.391 e. The number of hydrogen-bond acceptors (Lipinski definition) is 3. The van der Waals surface area contributed by atoms with E-state index < -0.39 is 0 Å². The largest absolute Gasteiger partial charge is 0.391 e. The van der Waals surface area contributed by atoms with Gasteiger partial charge in [-0.2, -0.15) is 0 Å². The zero-order valence-corrected chi connectivity index (χ0v) is 11.3. The van der Waals surface area contributed by atoms with Crippen LogP contribution in [0, 0.1) is 0 Å². The highest BCUT2D eigenvalue weighted by atomic mass is 32.1. The second-order valence-corrected chi connectivity index (χ2v) is 6.27. The zero-order valence-electron chi connectivity index (χ0n) is 10.5. The Morgan fingerprint density at radius 2 is 2.17 bits per heavy atom. The average Bonchev–Trinajstić information content (AvgIpc) is 2.82. The van der Waals surface area contributed by atoms with Gasteiger partial charge < -0.3 is 10.0 Å². The first-order valence-corrected chi connectivity index (χ1v) is 7.70. The van der Waals surface area contributed by atoms with Gasteiger partial charge in [-0.3, -0.25) is 4.79 Å². The summed E-state index contributed by atoms with van der Waals surface area (Å²) in [6.45, 7) is 1.30. The maximum atomic E-state index is 12.5. The number of amides is 1. The lowest BCUT2D eigenvalue weighted by Crippen LogP contribution is -2.42. The number of aliphatic hydroxyl groups excluding tert-OH is 1. The van der Waals surface area contributed by atoms with Gasteiger partial charge in [0.15, 0.2) is 0 Å². The molecule has 2 aliphatic rings. The van der Waals surface area contributed by atoms with E-state index in [1.165, 1.54) is 23.3 Å². The Balaban J connectivity index is 1.81. The second-order valence-electron chi connectivity index (χ2n) is 5.31. The summed E-state index contributed by atoms with van der Waals surface area (Å²) < 4.78 is 0. The Kier molecular flexibility index (Phi) is 3.39. The van der Waals surface area contributed by atoms with Gasteiger partial charge in [-0.15, -0.1) is 11.3 Å². The molecule has 4 heteroatoms. The molecule has 0 unspecified atom stereocenters. The van der Waals surface area contributed by atoms with Crippen molar-refractivity contribution in [1.29, 1.82) is 0 Å². The fourth-order valence-electron chi connectivity index (χ4n) is 2.98. The fourth-order valence-corrected chi connectivity index (χ4v) is 4.10. The monoisotopic (exact) mass is 265 g/mol. The number of fused-ring (bicyclic) bond motifs is 1. The first-order chi connectivity index (χ1) is 8.75. The molecule has 0 aromatic carbocycles. The molecule has 98 valence electrons. The molecule has 1 aromatic rings. The van der Waals surface area contributed by atoms with Gasteiger partial charge in [0.1, 0.15) is 0 Å². The van der Waals surface area contributed by atoms with Crippen molar-refractivity contribution < 1.29 is 9.90 Å². The van der Waals surface area contributed by atoms with Crippen molar-refractivity contribution in [3.05, 3.63) is 21.4 Å². The molecule has 1 N–H and O–H groups in total. The molecule has 1 aliphatic carbocycles. The molecule has 3 rings (SSSR count). The average molecular weight is 265 g/mol. The van der Waals surface area contributed by atoms with E-state index in [-0.39, 0.29) is 12.0 Å². The number of carbonyl (C=O) groups is 1. The first-order valence-electron chi connectivity index (χ1n) is 6.82. The van der Waals surface area contributed by atoms with Crippen molar-refractivity contribution in [2.24, 2.45) is 0 Å². The number of aliphatic hydroxyl groups is 1. The lowest BCUT2D eigenvalue weighted by molar-refractivity contribution is 0.0473. The number of nitrogens with zero attached hydrogens (tertiary/aromatic N) is 1. The Morgan fingerprint density at radius 3 is 3.00 bits per heavy atom. The predicted octanol–water partition coefficient (Wildman–Crippen LogP) is 2.22. The SMILES string of the molecule is O=C(c1csc2c1CCCC2)N1CCC[C@H](O)C1. The summed E-state index contributed by atoms with van der Waals surface area (Å²) in [7, 11) is 0. The summed E-state index contributed by atoms with van der Waals surface area (Å²) in [5, 5.41) is 11.7. The molecule has 2 heterocycles. The van der Waals surface area contributed by atoms with Crippen LogP contribution in [0.25, 0.3) is 0 Å². The van der Waals surface area contributed by atoms with Crippen LogP contribution in [0.2, 0.25) is 0 Å². The van der Waals surface area contributed by atoms with Gasteiger partial charge in [0.05, 0.1) is 11.7 Å². The zero-order chi connectivity index (χ0) is 12.5. The number of rotatable bonds is 1. The molecule has 1 fully saturated rings. The van der Waals surface area contributed by atoms with Crippen molar-refractivity contribution in [3.63, 3.8) is 0 Å². The Morgan fingerprint density at radius 1 is 1.33 bits per heavy atom. The van der Waals surface area contributed by atoms with Crippen LogP contribution in [0.5, 0.6) is 0 Å². The van der Waals surface area contributed by atoms with Crippen LogP contribution in [0.15, 0.2) is 5.38 Å². The van der Waals surface area contributed by atoms with Crippen LogP contribution in [0.3, 0.4) is 0 Å². The van der Waals surface area contributed by atoms with Crippen LogP contribution in [-0.4, -0.2) is 35.1 Å². The summed E-state index contributed by atoms with van der Waals surface area (Å²) in [4.78, 5) is 15.7. The third-order valence-electron chi connectivity index (χ3n) is 3.98. The molecule has 3 nitrogen and oxygen atoms in total. The van der Waals surface area contributed by atoms with E-state index in [1.807, 2.05) is 10.3 Å². The molecule has 18 heavy (non-hydrogen) atoms. The number of likely N-dealkylation sites (tertiary alicyclic amines) is 1. The number of thiophene rings is 1. The van der Waals surface area contributed by atoms with Crippen molar-refractivity contribution >= 4 is 17.2 Å². The highest BCUT2D eigenvalue weighted by Gasteiger charge is 2.27. The fraction of sp³-hybridized carbons (Fsp3) is 0.643. The highest BCUT2D eigenvalue weighted by molar-refractivity contribution is 7.10. The van der Waals surface area contributed by atoms with Crippen LogP contribution >= 0.6 is 11.3 Å². The quantitative estimate of drug-likeness (QED) is 0.846. The lowest BCUT2D eigenvalue weighted by Gasteiger charge is -2.30. The molecular formula is C14H19NO2S. The number of aryl methyl sites for hydroxylation is 1. The third-order valence-corrected chi connectivity index (χ3v) is 5.06. The Labute approximate surface area is 111 Å². The number of piperidine rings is 1. The molecule has 0 radical (unpaired) electrons. The van der Waals surface area contributed by atoms with Gasteiger partial charge in [-0.05, 0) is 44.1 Å². The minimum absolute atomic E-state index is 0.133. The molecule has 1 aliphatic heterocycles. The molecule has 0 saturated carbocycles. The van der Waals surface area contributed by atoms with E-state index >= 15 is 0 Å². The van der Waals surface area contributed by atoms with E-state index in [2.05, 4.69) is 0 Å². The van der Waals surface area contributed by atoms with Crippen LogP contribution in [-0.2, 0) is 12.8 Å². The normalized spacial score (nSPS) is 23.8. The Bertz CT molecular complexity index is 455. The van der Waals surface area contributed by atoms with Gasteiger partial charge in [0.2, 0.25) is 0 Å². The predicted molar refractivity (Wildman–Crippen MR) is 72.1 cm³/mol. The van der Waals surface area contributed by atoms with E-state index in [9.17, 15) is 9.90 Å². The molecule has 1 aromatic heterocycles. The molecule has 0 bridgehead atoms. The van der Waals surface area contributed by atoms with Crippen molar-refractivity contribution in [3.8, 4) is 0 Å². The van der Waals surface area contributed by atoms with Crippen molar-refractivity contribution in [1.82, 2.24) is 4.90 Å². The summed E-state index contributed by atoms with van der Waals surface area (Å²) in [6.07, 6.45) is 6.05. The van der Waals surface area contributed by atoms with Gasteiger partial charge in [0.25, 0.3) is 5.91 Å². The smallest absolute Gasteiger partial charge is 0.255 e. The van der Waals surface area contributed by atoms with Crippen molar-refractivity contribution in [2.45, 2.75) is 44.6 Å². The maximum absolute atomic E-state index is 12.5. The lowest BCUT2D eigenvalue weighted by atomic mass is 9.95. The number of β-amino-alcohol motifs (C(OH)–C–C–N with tert-alkyl or cyclic N) is 1. The maximum Gasteiger partial charge on any atom is 0.255 e.